The van der Waals surface area contributed by atoms with Gasteiger partial charge in [0.15, 0.2) is 0 Å². The summed E-state index contributed by atoms with van der Waals surface area (Å²) in [4.78, 5) is 10.6. The van der Waals surface area contributed by atoms with Crippen LogP contribution in [0.2, 0.25) is 0 Å². The fourth-order valence-corrected chi connectivity index (χ4v) is 1.84. The van der Waals surface area contributed by atoms with E-state index in [1.807, 2.05) is 0 Å². The summed E-state index contributed by atoms with van der Waals surface area (Å²) < 4.78 is 5.70. The first-order valence-electron chi connectivity index (χ1n) is 5.54. The number of hydrogen-bond acceptors (Lipinski definition) is 4. The van der Waals surface area contributed by atoms with Crippen LogP contribution in [-0.2, 0) is 0 Å². The number of likely N-dealkylation sites (tertiary alicyclic amines) is 1. The van der Waals surface area contributed by atoms with Crippen molar-refractivity contribution in [2.45, 2.75) is 25.9 Å². The molecule has 2 rings (SSSR count). The molecule has 15 heavy (non-hydrogen) atoms. The molecule has 1 aliphatic rings. The molecule has 0 atom stereocenters. The van der Waals surface area contributed by atoms with E-state index in [0.29, 0.717) is 6.01 Å². The van der Waals surface area contributed by atoms with Crippen LogP contribution in [0.25, 0.3) is 0 Å². The van der Waals surface area contributed by atoms with Gasteiger partial charge in [-0.05, 0) is 25.5 Å². The minimum Gasteiger partial charge on any atom is -0.460 e. The van der Waals surface area contributed by atoms with E-state index in [0.717, 1.165) is 32.5 Å². The van der Waals surface area contributed by atoms with Crippen LogP contribution in [0.1, 0.15) is 19.8 Å². The summed E-state index contributed by atoms with van der Waals surface area (Å²) in [6, 6.07) is 2.31. The van der Waals surface area contributed by atoms with Crippen LogP contribution in [0.3, 0.4) is 0 Å². The van der Waals surface area contributed by atoms with E-state index in [-0.39, 0.29) is 6.10 Å². The summed E-state index contributed by atoms with van der Waals surface area (Å²) >= 11 is 0. The van der Waals surface area contributed by atoms with Gasteiger partial charge in [-0.25, -0.2) is 9.97 Å². The largest absolute Gasteiger partial charge is 0.460 e. The molecule has 0 unspecified atom stereocenters. The number of hydrogen-bond donors (Lipinski definition) is 0. The van der Waals surface area contributed by atoms with Crippen LogP contribution in [0, 0.1) is 0 Å². The normalized spacial score (nSPS) is 19.0. The molecule has 0 aromatic carbocycles. The lowest BCUT2D eigenvalue weighted by atomic mass is 10.1. The van der Waals surface area contributed by atoms with E-state index in [1.54, 1.807) is 18.5 Å². The molecule has 4 heteroatoms. The molecule has 82 valence electrons. The van der Waals surface area contributed by atoms with Crippen molar-refractivity contribution in [3.8, 4) is 6.01 Å². The third kappa shape index (κ3) is 2.89. The standard InChI is InChI=1S/C11H17N3O/c1-2-14-8-4-10(5-9-14)15-11-12-6-3-7-13-11/h3,6-7,10H,2,4-5,8-9H2,1H3. The van der Waals surface area contributed by atoms with Gasteiger partial charge < -0.3 is 9.64 Å². The highest BCUT2D eigenvalue weighted by Crippen LogP contribution is 2.14. The van der Waals surface area contributed by atoms with E-state index < -0.39 is 0 Å². The van der Waals surface area contributed by atoms with E-state index in [4.69, 9.17) is 4.74 Å². The van der Waals surface area contributed by atoms with Crippen molar-refractivity contribution in [2.75, 3.05) is 19.6 Å². The molecule has 0 spiro atoms. The first kappa shape index (κ1) is 10.4. The molecule has 1 aromatic rings. The van der Waals surface area contributed by atoms with Gasteiger partial charge in [0.2, 0.25) is 0 Å². The smallest absolute Gasteiger partial charge is 0.316 e. The lowest BCUT2D eigenvalue weighted by Gasteiger charge is -2.30. The zero-order chi connectivity index (χ0) is 10.5. The molecule has 1 aliphatic heterocycles. The van der Waals surface area contributed by atoms with Gasteiger partial charge in [0.1, 0.15) is 6.10 Å². The van der Waals surface area contributed by atoms with Gasteiger partial charge in [0.25, 0.3) is 0 Å². The van der Waals surface area contributed by atoms with Crippen LogP contribution < -0.4 is 4.74 Å². The highest BCUT2D eigenvalue weighted by molar-refractivity contribution is 4.94. The number of piperidine rings is 1. The minimum absolute atomic E-state index is 0.287. The van der Waals surface area contributed by atoms with Gasteiger partial charge in [-0.1, -0.05) is 6.92 Å². The molecule has 1 aromatic heterocycles. The Kier molecular flexibility index (Phi) is 3.50. The minimum atomic E-state index is 0.287. The molecule has 0 N–H and O–H groups in total. The Morgan fingerprint density at radius 3 is 2.60 bits per heavy atom. The fraction of sp³-hybridized carbons (Fsp3) is 0.636. The van der Waals surface area contributed by atoms with Crippen LogP contribution in [0.5, 0.6) is 6.01 Å². The third-order valence-electron chi connectivity index (χ3n) is 2.80. The fourth-order valence-electron chi connectivity index (χ4n) is 1.84. The SMILES string of the molecule is CCN1CCC(Oc2ncccn2)CC1. The first-order valence-corrected chi connectivity index (χ1v) is 5.54. The maximum atomic E-state index is 5.70. The Hall–Kier alpha value is -1.16. The topological polar surface area (TPSA) is 38.2 Å². The Balaban J connectivity index is 1.82. The molecule has 1 fully saturated rings. The van der Waals surface area contributed by atoms with Crippen molar-refractivity contribution >= 4 is 0 Å². The van der Waals surface area contributed by atoms with Gasteiger partial charge in [-0.2, -0.15) is 0 Å². The van der Waals surface area contributed by atoms with E-state index in [1.165, 1.54) is 0 Å². The molecular weight excluding hydrogens is 190 g/mol. The highest BCUT2D eigenvalue weighted by Gasteiger charge is 2.19. The number of aromatic nitrogens is 2. The van der Waals surface area contributed by atoms with Crippen molar-refractivity contribution in [1.29, 1.82) is 0 Å². The van der Waals surface area contributed by atoms with E-state index >= 15 is 0 Å². The van der Waals surface area contributed by atoms with Gasteiger partial charge in [0.05, 0.1) is 0 Å². The molecule has 0 saturated carbocycles. The molecule has 0 radical (unpaired) electrons. The lowest BCUT2D eigenvalue weighted by Crippen LogP contribution is -2.38. The molecule has 1 saturated heterocycles. The number of rotatable bonds is 3. The lowest BCUT2D eigenvalue weighted by molar-refractivity contribution is 0.0955. The van der Waals surface area contributed by atoms with Crippen LogP contribution in [0.15, 0.2) is 18.5 Å². The first-order chi connectivity index (χ1) is 7.38. The monoisotopic (exact) mass is 207 g/mol. The van der Waals surface area contributed by atoms with Gasteiger partial charge in [-0.15, -0.1) is 0 Å². The van der Waals surface area contributed by atoms with Crippen molar-refractivity contribution < 1.29 is 4.74 Å². The molecule has 0 amide bonds. The van der Waals surface area contributed by atoms with Gasteiger partial charge >= 0.3 is 6.01 Å². The predicted molar refractivity (Wildman–Crippen MR) is 57.8 cm³/mol. The number of nitrogens with zero attached hydrogens (tertiary/aromatic N) is 3. The Morgan fingerprint density at radius 1 is 1.33 bits per heavy atom. The average Bonchev–Trinajstić information content (AvgIpc) is 2.31. The van der Waals surface area contributed by atoms with Crippen molar-refractivity contribution in [3.63, 3.8) is 0 Å². The second kappa shape index (κ2) is 5.07. The summed E-state index contributed by atoms with van der Waals surface area (Å²) in [7, 11) is 0. The zero-order valence-electron chi connectivity index (χ0n) is 9.09. The predicted octanol–water partition coefficient (Wildman–Crippen LogP) is 1.34. The Bertz CT molecular complexity index is 283. The molecular formula is C11H17N3O. The maximum Gasteiger partial charge on any atom is 0.316 e. The molecule has 2 heterocycles. The van der Waals surface area contributed by atoms with Crippen LogP contribution in [-0.4, -0.2) is 40.6 Å². The summed E-state index contributed by atoms with van der Waals surface area (Å²) in [5.41, 5.74) is 0. The van der Waals surface area contributed by atoms with E-state index in [2.05, 4.69) is 21.8 Å². The second-order valence-electron chi connectivity index (χ2n) is 3.78. The molecule has 0 bridgehead atoms. The Labute approximate surface area is 90.3 Å². The van der Waals surface area contributed by atoms with E-state index in [9.17, 15) is 0 Å². The van der Waals surface area contributed by atoms with Crippen molar-refractivity contribution in [2.24, 2.45) is 0 Å². The summed E-state index contributed by atoms with van der Waals surface area (Å²) in [6.07, 6.45) is 5.86. The summed E-state index contributed by atoms with van der Waals surface area (Å²) in [5, 5.41) is 0. The summed E-state index contributed by atoms with van der Waals surface area (Å²) in [6.45, 7) is 5.57. The van der Waals surface area contributed by atoms with Crippen molar-refractivity contribution in [3.05, 3.63) is 18.5 Å². The molecule has 0 aliphatic carbocycles. The van der Waals surface area contributed by atoms with Crippen LogP contribution >= 0.6 is 0 Å². The van der Waals surface area contributed by atoms with Crippen molar-refractivity contribution in [1.82, 2.24) is 14.9 Å². The van der Waals surface area contributed by atoms with Gasteiger partial charge in [-0.3, -0.25) is 0 Å². The third-order valence-corrected chi connectivity index (χ3v) is 2.80. The summed E-state index contributed by atoms with van der Waals surface area (Å²) in [5.74, 6) is 0. The zero-order valence-corrected chi connectivity index (χ0v) is 9.09. The Morgan fingerprint density at radius 2 is 2.00 bits per heavy atom. The number of ether oxygens (including phenoxy) is 1. The molecule has 4 nitrogen and oxygen atoms in total. The second-order valence-corrected chi connectivity index (χ2v) is 3.78. The maximum absolute atomic E-state index is 5.70. The van der Waals surface area contributed by atoms with Gasteiger partial charge in [0, 0.05) is 25.5 Å². The quantitative estimate of drug-likeness (QED) is 0.749. The highest BCUT2D eigenvalue weighted by atomic mass is 16.5. The average molecular weight is 207 g/mol. The van der Waals surface area contributed by atoms with Crippen LogP contribution in [0.4, 0.5) is 0 Å².